The van der Waals surface area contributed by atoms with Crippen LogP contribution in [0.25, 0.3) is 5.52 Å². The molecular formula is C19H21N5O2. The molecule has 0 radical (unpaired) electrons. The van der Waals surface area contributed by atoms with Crippen LogP contribution in [-0.2, 0) is 11.2 Å². The van der Waals surface area contributed by atoms with Crippen molar-refractivity contribution in [3.05, 3.63) is 60.2 Å². The van der Waals surface area contributed by atoms with Gasteiger partial charge in [-0.05, 0) is 31.5 Å². The van der Waals surface area contributed by atoms with Crippen molar-refractivity contribution in [2.45, 2.75) is 13.3 Å². The smallest absolute Gasteiger partial charge is 0.272 e. The van der Waals surface area contributed by atoms with Crippen LogP contribution in [0.2, 0.25) is 0 Å². The topological polar surface area (TPSA) is 72.6 Å². The van der Waals surface area contributed by atoms with Crippen LogP contribution in [0, 0.1) is 12.8 Å². The lowest BCUT2D eigenvalue weighted by Gasteiger charge is -2.23. The number of rotatable bonds is 3. The van der Waals surface area contributed by atoms with Crippen molar-refractivity contribution < 1.29 is 9.53 Å². The molecule has 0 aliphatic carbocycles. The van der Waals surface area contributed by atoms with Crippen LogP contribution in [0.15, 0.2) is 43.0 Å². The fourth-order valence-corrected chi connectivity index (χ4v) is 3.39. The highest BCUT2D eigenvalue weighted by Crippen LogP contribution is 2.18. The Morgan fingerprint density at radius 2 is 2.19 bits per heavy atom. The fourth-order valence-electron chi connectivity index (χ4n) is 3.39. The van der Waals surface area contributed by atoms with Gasteiger partial charge in [0.05, 0.1) is 24.4 Å². The zero-order valence-corrected chi connectivity index (χ0v) is 14.7. The van der Waals surface area contributed by atoms with Crippen molar-refractivity contribution in [2.24, 2.45) is 5.92 Å². The van der Waals surface area contributed by atoms with E-state index in [-0.39, 0.29) is 11.8 Å². The Balaban J connectivity index is 1.52. The molecule has 26 heavy (non-hydrogen) atoms. The van der Waals surface area contributed by atoms with Gasteiger partial charge in [0, 0.05) is 43.8 Å². The number of fused-ring (bicyclic) bond motifs is 1. The van der Waals surface area contributed by atoms with E-state index in [0.717, 1.165) is 17.6 Å². The molecule has 1 aliphatic rings. The molecule has 0 saturated carbocycles. The summed E-state index contributed by atoms with van der Waals surface area (Å²) in [4.78, 5) is 27.5. The second-order valence-electron chi connectivity index (χ2n) is 6.56. The molecule has 1 unspecified atom stereocenters. The third-order valence-electron chi connectivity index (χ3n) is 4.63. The molecule has 1 amide bonds. The molecule has 0 aromatic carbocycles. The van der Waals surface area contributed by atoms with Gasteiger partial charge in [0.15, 0.2) is 0 Å². The van der Waals surface area contributed by atoms with Gasteiger partial charge in [-0.1, -0.05) is 0 Å². The zero-order chi connectivity index (χ0) is 17.9. The average Bonchev–Trinajstić information content (AvgIpc) is 3.01. The normalized spacial score (nSPS) is 18.0. The number of hydrogen-bond acceptors (Lipinski definition) is 5. The van der Waals surface area contributed by atoms with Crippen LogP contribution in [0.5, 0.6) is 0 Å². The first-order chi connectivity index (χ1) is 12.7. The van der Waals surface area contributed by atoms with Gasteiger partial charge in [-0.3, -0.25) is 9.78 Å². The van der Waals surface area contributed by atoms with Gasteiger partial charge >= 0.3 is 0 Å². The first-order valence-corrected chi connectivity index (χ1v) is 8.78. The Morgan fingerprint density at radius 1 is 1.27 bits per heavy atom. The van der Waals surface area contributed by atoms with E-state index in [1.54, 1.807) is 19.2 Å². The van der Waals surface area contributed by atoms with Crippen molar-refractivity contribution in [3.63, 3.8) is 0 Å². The summed E-state index contributed by atoms with van der Waals surface area (Å²) >= 11 is 0. The Morgan fingerprint density at radius 3 is 3.08 bits per heavy atom. The number of nitrogens with zero attached hydrogens (tertiary/aromatic N) is 5. The van der Waals surface area contributed by atoms with E-state index in [2.05, 4.69) is 25.4 Å². The van der Waals surface area contributed by atoms with E-state index < -0.39 is 0 Å². The molecular weight excluding hydrogens is 330 g/mol. The molecule has 1 fully saturated rings. The van der Waals surface area contributed by atoms with E-state index in [1.165, 1.54) is 0 Å². The monoisotopic (exact) mass is 351 g/mol. The minimum absolute atomic E-state index is 0.0696. The third-order valence-corrected chi connectivity index (χ3v) is 4.63. The Hall–Kier alpha value is -2.80. The molecule has 3 aromatic rings. The maximum atomic E-state index is 12.8. The van der Waals surface area contributed by atoms with Crippen LogP contribution in [0.1, 0.15) is 22.0 Å². The number of hydrogen-bond donors (Lipinski definition) is 0. The minimum Gasteiger partial charge on any atom is -0.379 e. The number of aromatic nitrogens is 4. The van der Waals surface area contributed by atoms with Crippen LogP contribution in [0.3, 0.4) is 0 Å². The van der Waals surface area contributed by atoms with Crippen LogP contribution < -0.4 is 0 Å². The van der Waals surface area contributed by atoms with Crippen molar-refractivity contribution >= 4 is 11.4 Å². The largest absolute Gasteiger partial charge is 0.379 e. The summed E-state index contributed by atoms with van der Waals surface area (Å²) in [6, 6.07) is 5.74. The van der Waals surface area contributed by atoms with E-state index >= 15 is 0 Å². The third kappa shape index (κ3) is 3.43. The molecule has 1 saturated heterocycles. The summed E-state index contributed by atoms with van der Waals surface area (Å²) in [6.07, 6.45) is 8.15. The fraction of sp³-hybridized carbons (Fsp3) is 0.368. The van der Waals surface area contributed by atoms with Gasteiger partial charge in [0.1, 0.15) is 11.5 Å². The van der Waals surface area contributed by atoms with Gasteiger partial charge < -0.3 is 14.0 Å². The molecule has 134 valence electrons. The number of carbonyl (C=O) groups excluding carboxylic acids is 1. The first kappa shape index (κ1) is 16.7. The highest BCUT2D eigenvalue weighted by molar-refractivity contribution is 5.92. The van der Waals surface area contributed by atoms with Gasteiger partial charge in [-0.2, -0.15) is 0 Å². The molecule has 7 heteroatoms. The second-order valence-corrected chi connectivity index (χ2v) is 6.56. The molecule has 0 spiro atoms. The van der Waals surface area contributed by atoms with Crippen LogP contribution in [-0.4, -0.2) is 56.5 Å². The lowest BCUT2D eigenvalue weighted by molar-refractivity contribution is 0.0731. The van der Waals surface area contributed by atoms with Gasteiger partial charge in [-0.25, -0.2) is 9.97 Å². The molecule has 0 N–H and O–H groups in total. The zero-order valence-electron chi connectivity index (χ0n) is 14.7. The number of ether oxygens (including phenoxy) is 1. The van der Waals surface area contributed by atoms with E-state index in [0.29, 0.717) is 37.8 Å². The number of amides is 1. The second kappa shape index (κ2) is 7.21. The summed E-state index contributed by atoms with van der Waals surface area (Å²) in [7, 11) is 0. The maximum absolute atomic E-state index is 12.8. The molecule has 7 nitrogen and oxygen atoms in total. The molecule has 1 atom stereocenters. The minimum atomic E-state index is -0.0696. The highest BCUT2D eigenvalue weighted by Gasteiger charge is 2.25. The molecule has 0 bridgehead atoms. The lowest BCUT2D eigenvalue weighted by atomic mass is 10.0. The average molecular weight is 351 g/mol. The van der Waals surface area contributed by atoms with Crippen LogP contribution in [0.4, 0.5) is 0 Å². The van der Waals surface area contributed by atoms with E-state index in [1.807, 2.05) is 29.6 Å². The summed E-state index contributed by atoms with van der Waals surface area (Å²) in [5, 5.41) is 0. The molecule has 4 rings (SSSR count). The van der Waals surface area contributed by atoms with Crippen LogP contribution >= 0.6 is 0 Å². The quantitative estimate of drug-likeness (QED) is 0.719. The number of carbonyl (C=O) groups is 1. The van der Waals surface area contributed by atoms with Crippen molar-refractivity contribution in [1.82, 2.24) is 24.3 Å². The molecule has 3 aromatic heterocycles. The summed E-state index contributed by atoms with van der Waals surface area (Å²) in [6.45, 7) is 4.15. The van der Waals surface area contributed by atoms with Gasteiger partial charge in [-0.15, -0.1) is 0 Å². The SMILES string of the molecule is Cc1nccc(C(=O)N2CCOCC(Cc3nccn4cccc34)C2)n1. The standard InChI is InChI=1S/C19H21N5O2/c1-14-20-5-4-16(22-14)19(25)24-9-10-26-13-15(12-24)11-17-18-3-2-7-23(18)8-6-21-17/h2-8,15H,9-13H2,1H3. The van der Waals surface area contributed by atoms with Crippen molar-refractivity contribution in [1.29, 1.82) is 0 Å². The lowest BCUT2D eigenvalue weighted by Crippen LogP contribution is -2.37. The Bertz CT molecular complexity index is 923. The van der Waals surface area contributed by atoms with Crippen molar-refractivity contribution in [3.8, 4) is 0 Å². The predicted molar refractivity (Wildman–Crippen MR) is 95.9 cm³/mol. The van der Waals surface area contributed by atoms with Gasteiger partial charge in [0.25, 0.3) is 5.91 Å². The number of aryl methyl sites for hydroxylation is 1. The van der Waals surface area contributed by atoms with E-state index in [9.17, 15) is 4.79 Å². The summed E-state index contributed by atoms with van der Waals surface area (Å²) in [5.74, 6) is 0.723. The molecule has 4 heterocycles. The summed E-state index contributed by atoms with van der Waals surface area (Å²) in [5.41, 5.74) is 2.56. The van der Waals surface area contributed by atoms with Gasteiger partial charge in [0.2, 0.25) is 0 Å². The Kier molecular flexibility index (Phi) is 4.62. The maximum Gasteiger partial charge on any atom is 0.272 e. The Labute approximate surface area is 151 Å². The summed E-state index contributed by atoms with van der Waals surface area (Å²) < 4.78 is 7.81. The highest BCUT2D eigenvalue weighted by atomic mass is 16.5. The van der Waals surface area contributed by atoms with E-state index in [4.69, 9.17) is 4.74 Å². The molecule has 1 aliphatic heterocycles. The van der Waals surface area contributed by atoms with Crippen molar-refractivity contribution in [2.75, 3.05) is 26.3 Å². The predicted octanol–water partition coefficient (Wildman–Crippen LogP) is 1.76. The first-order valence-electron chi connectivity index (χ1n) is 8.78.